The summed E-state index contributed by atoms with van der Waals surface area (Å²) in [7, 11) is 0. The molecule has 1 heterocycles. The van der Waals surface area contributed by atoms with Gasteiger partial charge in [-0.25, -0.2) is 0 Å². The molecule has 1 atom stereocenters. The first-order valence-corrected chi connectivity index (χ1v) is 8.06. The number of likely N-dealkylation sites (N-methyl/N-ethyl adjacent to an activating group) is 1. The Kier molecular flexibility index (Phi) is 4.44. The molecule has 2 amide bonds. The summed E-state index contributed by atoms with van der Waals surface area (Å²) in [5.41, 5.74) is 1.78. The smallest absolute Gasteiger partial charge is 0.267 e. The van der Waals surface area contributed by atoms with Crippen molar-refractivity contribution < 1.29 is 14.3 Å². The lowest BCUT2D eigenvalue weighted by Gasteiger charge is -2.32. The lowest BCUT2D eigenvalue weighted by Crippen LogP contribution is -2.44. The van der Waals surface area contributed by atoms with Gasteiger partial charge in [0, 0.05) is 28.9 Å². The molecular weight excluding hydrogens is 328 g/mol. The highest BCUT2D eigenvalue weighted by atomic mass is 35.5. The van der Waals surface area contributed by atoms with Gasteiger partial charge in [0.2, 0.25) is 0 Å². The van der Waals surface area contributed by atoms with E-state index < -0.39 is 6.10 Å². The maximum atomic E-state index is 12.3. The molecule has 0 bridgehead atoms. The molecule has 0 aliphatic carbocycles. The van der Waals surface area contributed by atoms with Crippen LogP contribution in [-0.2, 0) is 4.79 Å². The number of hydrogen-bond donors (Lipinski definition) is 1. The quantitative estimate of drug-likeness (QED) is 0.923. The van der Waals surface area contributed by atoms with Gasteiger partial charge in [0.25, 0.3) is 11.8 Å². The van der Waals surface area contributed by atoms with Gasteiger partial charge in [0.1, 0.15) is 5.75 Å². The summed E-state index contributed by atoms with van der Waals surface area (Å²) in [4.78, 5) is 26.1. The van der Waals surface area contributed by atoms with Crippen molar-refractivity contribution >= 4 is 34.8 Å². The second kappa shape index (κ2) is 6.53. The highest BCUT2D eigenvalue weighted by Crippen LogP contribution is 2.36. The van der Waals surface area contributed by atoms with E-state index in [2.05, 4.69) is 5.32 Å². The van der Waals surface area contributed by atoms with E-state index in [4.69, 9.17) is 16.3 Å². The van der Waals surface area contributed by atoms with Crippen LogP contribution in [0.1, 0.15) is 24.2 Å². The van der Waals surface area contributed by atoms with Crippen molar-refractivity contribution in [3.05, 3.63) is 53.1 Å². The third kappa shape index (κ3) is 3.08. The number of rotatable bonds is 3. The summed E-state index contributed by atoms with van der Waals surface area (Å²) in [6.07, 6.45) is -0.545. The minimum Gasteiger partial charge on any atom is -0.479 e. The summed E-state index contributed by atoms with van der Waals surface area (Å²) >= 11 is 5.91. The van der Waals surface area contributed by atoms with Crippen LogP contribution in [0.25, 0.3) is 0 Å². The third-order valence-corrected chi connectivity index (χ3v) is 4.06. The van der Waals surface area contributed by atoms with Crippen molar-refractivity contribution in [3.8, 4) is 5.75 Å². The molecule has 0 saturated carbocycles. The van der Waals surface area contributed by atoms with E-state index in [1.54, 1.807) is 54.3 Å². The number of carbonyl (C=O) groups excluding carboxylic acids is 2. The number of carbonyl (C=O) groups is 2. The first-order chi connectivity index (χ1) is 11.5. The number of ether oxygens (including phenoxy) is 1. The second-order valence-electron chi connectivity index (χ2n) is 5.49. The first kappa shape index (κ1) is 16.3. The molecule has 2 aromatic carbocycles. The molecule has 0 aromatic heterocycles. The molecule has 0 spiro atoms. The van der Waals surface area contributed by atoms with Crippen molar-refractivity contribution in [2.45, 2.75) is 20.0 Å². The third-order valence-electron chi connectivity index (χ3n) is 3.83. The number of benzene rings is 2. The van der Waals surface area contributed by atoms with Crippen molar-refractivity contribution in [2.24, 2.45) is 0 Å². The number of halogens is 1. The standard InChI is InChI=1S/C18H17ClN2O3/c1-3-21-15-8-7-14(10-16(15)24-11(2)18(21)23)20-17(22)12-5-4-6-13(19)9-12/h4-11H,3H2,1-2H3,(H,20,22). The van der Waals surface area contributed by atoms with Gasteiger partial charge in [-0.05, 0) is 44.2 Å². The Morgan fingerprint density at radius 2 is 2.08 bits per heavy atom. The van der Waals surface area contributed by atoms with Crippen LogP contribution in [0.5, 0.6) is 5.75 Å². The predicted molar refractivity (Wildman–Crippen MR) is 94.0 cm³/mol. The Morgan fingerprint density at radius 3 is 2.79 bits per heavy atom. The van der Waals surface area contributed by atoms with Crippen LogP contribution in [0.3, 0.4) is 0 Å². The molecule has 1 unspecified atom stereocenters. The monoisotopic (exact) mass is 344 g/mol. The fourth-order valence-electron chi connectivity index (χ4n) is 2.65. The molecule has 24 heavy (non-hydrogen) atoms. The maximum absolute atomic E-state index is 12.3. The number of nitrogens with zero attached hydrogens (tertiary/aromatic N) is 1. The van der Waals surface area contributed by atoms with Crippen LogP contribution in [0, 0.1) is 0 Å². The molecule has 0 radical (unpaired) electrons. The zero-order chi connectivity index (χ0) is 17.3. The van der Waals surface area contributed by atoms with Gasteiger partial charge < -0.3 is 15.0 Å². The largest absolute Gasteiger partial charge is 0.479 e. The zero-order valence-electron chi connectivity index (χ0n) is 13.4. The first-order valence-electron chi connectivity index (χ1n) is 7.68. The fourth-order valence-corrected chi connectivity index (χ4v) is 2.84. The van der Waals surface area contributed by atoms with Gasteiger partial charge in [0.05, 0.1) is 5.69 Å². The van der Waals surface area contributed by atoms with E-state index in [9.17, 15) is 9.59 Å². The summed E-state index contributed by atoms with van der Waals surface area (Å²) in [5.74, 6) is 0.248. The normalized spacial score (nSPS) is 16.4. The molecule has 6 heteroatoms. The number of anilines is 2. The van der Waals surface area contributed by atoms with E-state index in [0.29, 0.717) is 34.3 Å². The number of hydrogen-bond acceptors (Lipinski definition) is 3. The van der Waals surface area contributed by atoms with E-state index in [1.807, 2.05) is 6.92 Å². The highest BCUT2D eigenvalue weighted by molar-refractivity contribution is 6.31. The number of nitrogens with one attached hydrogen (secondary N) is 1. The van der Waals surface area contributed by atoms with E-state index in [1.165, 1.54) is 0 Å². The minimum absolute atomic E-state index is 0.0688. The van der Waals surface area contributed by atoms with E-state index >= 15 is 0 Å². The predicted octanol–water partition coefficient (Wildman–Crippen LogP) is 3.73. The molecule has 5 nitrogen and oxygen atoms in total. The van der Waals surface area contributed by atoms with Crippen LogP contribution in [0.4, 0.5) is 11.4 Å². The van der Waals surface area contributed by atoms with Crippen LogP contribution in [0.15, 0.2) is 42.5 Å². The van der Waals surface area contributed by atoms with Crippen molar-refractivity contribution in [1.29, 1.82) is 0 Å². The van der Waals surface area contributed by atoms with Crippen molar-refractivity contribution in [1.82, 2.24) is 0 Å². The van der Waals surface area contributed by atoms with Crippen molar-refractivity contribution in [2.75, 3.05) is 16.8 Å². The summed E-state index contributed by atoms with van der Waals surface area (Å²) < 4.78 is 5.66. The topological polar surface area (TPSA) is 58.6 Å². The Morgan fingerprint density at radius 1 is 1.29 bits per heavy atom. The Bertz CT molecular complexity index is 807. The maximum Gasteiger partial charge on any atom is 0.267 e. The van der Waals surface area contributed by atoms with Crippen LogP contribution in [0.2, 0.25) is 5.02 Å². The van der Waals surface area contributed by atoms with Gasteiger partial charge in [-0.1, -0.05) is 17.7 Å². The molecule has 0 saturated heterocycles. The number of amides is 2. The van der Waals surface area contributed by atoms with E-state index in [-0.39, 0.29) is 11.8 Å². The van der Waals surface area contributed by atoms with Crippen LogP contribution >= 0.6 is 11.6 Å². The van der Waals surface area contributed by atoms with Gasteiger partial charge in [0.15, 0.2) is 6.10 Å². The highest BCUT2D eigenvalue weighted by Gasteiger charge is 2.30. The molecular formula is C18H17ClN2O3. The zero-order valence-corrected chi connectivity index (χ0v) is 14.1. The lowest BCUT2D eigenvalue weighted by molar-refractivity contribution is -0.125. The molecule has 1 N–H and O–H groups in total. The van der Waals surface area contributed by atoms with Gasteiger partial charge in [-0.2, -0.15) is 0 Å². The summed E-state index contributed by atoms with van der Waals surface area (Å²) in [6, 6.07) is 12.0. The molecule has 1 aliphatic heterocycles. The SMILES string of the molecule is CCN1C(=O)C(C)Oc2cc(NC(=O)c3cccc(Cl)c3)ccc21. The molecule has 0 fully saturated rings. The van der Waals surface area contributed by atoms with Crippen LogP contribution < -0.4 is 15.0 Å². The average Bonchev–Trinajstić information content (AvgIpc) is 2.56. The Balaban J connectivity index is 1.85. The molecule has 124 valence electrons. The van der Waals surface area contributed by atoms with Gasteiger partial charge >= 0.3 is 0 Å². The second-order valence-corrected chi connectivity index (χ2v) is 5.93. The van der Waals surface area contributed by atoms with Crippen LogP contribution in [-0.4, -0.2) is 24.5 Å². The fraction of sp³-hybridized carbons (Fsp3) is 0.222. The Hall–Kier alpha value is -2.53. The molecule has 1 aliphatic rings. The molecule has 2 aromatic rings. The van der Waals surface area contributed by atoms with E-state index in [0.717, 1.165) is 0 Å². The minimum atomic E-state index is -0.545. The summed E-state index contributed by atoms with van der Waals surface area (Å²) in [6.45, 7) is 4.19. The van der Waals surface area contributed by atoms with Gasteiger partial charge in [-0.3, -0.25) is 9.59 Å². The Labute approximate surface area is 145 Å². The van der Waals surface area contributed by atoms with Crippen molar-refractivity contribution in [3.63, 3.8) is 0 Å². The average molecular weight is 345 g/mol. The van der Waals surface area contributed by atoms with Gasteiger partial charge in [-0.15, -0.1) is 0 Å². The number of fused-ring (bicyclic) bond motifs is 1. The summed E-state index contributed by atoms with van der Waals surface area (Å²) in [5, 5.41) is 3.32. The lowest BCUT2D eigenvalue weighted by atomic mass is 10.1. The molecule has 3 rings (SSSR count).